The van der Waals surface area contributed by atoms with E-state index in [2.05, 4.69) is 41.1 Å². The van der Waals surface area contributed by atoms with E-state index < -0.39 is 0 Å². The van der Waals surface area contributed by atoms with E-state index in [-0.39, 0.29) is 18.1 Å². The van der Waals surface area contributed by atoms with Gasteiger partial charge >= 0.3 is 0 Å². The first kappa shape index (κ1) is 20.9. The zero-order valence-corrected chi connectivity index (χ0v) is 18.7. The molecule has 0 bridgehead atoms. The van der Waals surface area contributed by atoms with Crippen LogP contribution >= 0.6 is 11.8 Å². The first-order chi connectivity index (χ1) is 14.5. The number of hydrogen-bond acceptors (Lipinski definition) is 4. The van der Waals surface area contributed by atoms with Crippen LogP contribution in [0.5, 0.6) is 0 Å². The summed E-state index contributed by atoms with van der Waals surface area (Å²) in [7, 11) is 0. The van der Waals surface area contributed by atoms with E-state index in [1.54, 1.807) is 0 Å². The standard InChI is InChI=1S/C24H29N3O2S/c1-16-18(3)27(14-20-10-7-13-29-20)24(26-16)30-15-23(28)25-17(2)21-12-6-9-19-8-4-5-11-22(19)21/h4-6,8-9,11-12,17,20H,7,10,13-15H2,1-3H3,(H,25,28). The lowest BCUT2D eigenvalue weighted by Gasteiger charge is -2.17. The number of ether oxygens (including phenoxy) is 1. The summed E-state index contributed by atoms with van der Waals surface area (Å²) in [5, 5.41) is 6.41. The molecule has 4 rings (SSSR count). The molecular formula is C24H29N3O2S. The molecule has 0 spiro atoms. The van der Waals surface area contributed by atoms with Gasteiger partial charge in [-0.3, -0.25) is 4.79 Å². The van der Waals surface area contributed by atoms with Gasteiger partial charge in [0.15, 0.2) is 5.16 Å². The number of nitrogens with one attached hydrogen (secondary N) is 1. The average Bonchev–Trinajstić information content (AvgIpc) is 3.36. The largest absolute Gasteiger partial charge is 0.376 e. The van der Waals surface area contributed by atoms with Crippen molar-refractivity contribution in [1.29, 1.82) is 0 Å². The smallest absolute Gasteiger partial charge is 0.230 e. The van der Waals surface area contributed by atoms with Crippen molar-refractivity contribution in [3.63, 3.8) is 0 Å². The van der Waals surface area contributed by atoms with Crippen molar-refractivity contribution in [2.75, 3.05) is 12.4 Å². The second-order valence-corrected chi connectivity index (χ2v) is 8.90. The Hall–Kier alpha value is -2.31. The fourth-order valence-electron chi connectivity index (χ4n) is 4.06. The molecule has 0 aliphatic carbocycles. The molecule has 1 aromatic heterocycles. The SMILES string of the molecule is Cc1nc(SCC(=O)NC(C)c2cccc3ccccc23)n(CC2CCCO2)c1C. The van der Waals surface area contributed by atoms with E-state index in [0.717, 1.165) is 48.1 Å². The van der Waals surface area contributed by atoms with Gasteiger partial charge in [0.1, 0.15) is 0 Å². The lowest BCUT2D eigenvalue weighted by molar-refractivity contribution is -0.119. The Morgan fingerprint density at radius 2 is 2.07 bits per heavy atom. The molecule has 0 saturated carbocycles. The Kier molecular flexibility index (Phi) is 6.44. The Labute approximate surface area is 182 Å². The maximum atomic E-state index is 12.7. The molecule has 1 fully saturated rings. The molecule has 2 atom stereocenters. The number of thioether (sulfide) groups is 1. The fraction of sp³-hybridized carbons (Fsp3) is 0.417. The van der Waals surface area contributed by atoms with Crippen LogP contribution in [0.15, 0.2) is 47.6 Å². The van der Waals surface area contributed by atoms with Gasteiger partial charge in [0, 0.05) is 12.3 Å². The van der Waals surface area contributed by atoms with Crippen LogP contribution in [0.1, 0.15) is 42.8 Å². The number of fused-ring (bicyclic) bond motifs is 1. The molecule has 6 heteroatoms. The highest BCUT2D eigenvalue weighted by molar-refractivity contribution is 7.99. The Bertz CT molecular complexity index is 1030. The highest BCUT2D eigenvalue weighted by atomic mass is 32.2. The fourth-order valence-corrected chi connectivity index (χ4v) is 4.97. The molecule has 2 heterocycles. The van der Waals surface area contributed by atoms with Crippen LogP contribution in [0.4, 0.5) is 0 Å². The first-order valence-electron chi connectivity index (χ1n) is 10.6. The summed E-state index contributed by atoms with van der Waals surface area (Å²) >= 11 is 1.50. The van der Waals surface area contributed by atoms with E-state index >= 15 is 0 Å². The van der Waals surface area contributed by atoms with Gasteiger partial charge < -0.3 is 14.6 Å². The van der Waals surface area contributed by atoms with Gasteiger partial charge in [-0.05, 0) is 49.9 Å². The molecule has 5 nitrogen and oxygen atoms in total. The van der Waals surface area contributed by atoms with E-state index in [9.17, 15) is 4.79 Å². The maximum Gasteiger partial charge on any atom is 0.230 e. The van der Waals surface area contributed by atoms with Crippen molar-refractivity contribution in [1.82, 2.24) is 14.9 Å². The minimum absolute atomic E-state index is 0.0161. The van der Waals surface area contributed by atoms with Crippen molar-refractivity contribution in [2.24, 2.45) is 0 Å². The van der Waals surface area contributed by atoms with E-state index in [1.807, 2.05) is 32.0 Å². The number of aromatic nitrogens is 2. The summed E-state index contributed by atoms with van der Waals surface area (Å²) in [5.41, 5.74) is 3.30. The minimum Gasteiger partial charge on any atom is -0.376 e. The highest BCUT2D eigenvalue weighted by Crippen LogP contribution is 2.26. The number of rotatable bonds is 7. The molecule has 2 unspecified atom stereocenters. The third kappa shape index (κ3) is 4.55. The van der Waals surface area contributed by atoms with Crippen molar-refractivity contribution < 1.29 is 9.53 Å². The number of amides is 1. The topological polar surface area (TPSA) is 56.2 Å². The summed E-state index contributed by atoms with van der Waals surface area (Å²) in [5.74, 6) is 0.360. The molecule has 1 N–H and O–H groups in total. The van der Waals surface area contributed by atoms with Gasteiger partial charge in [-0.15, -0.1) is 0 Å². The van der Waals surface area contributed by atoms with E-state index in [0.29, 0.717) is 5.75 Å². The van der Waals surface area contributed by atoms with Crippen molar-refractivity contribution in [3.05, 3.63) is 59.4 Å². The van der Waals surface area contributed by atoms with Crippen molar-refractivity contribution in [2.45, 2.75) is 57.5 Å². The minimum atomic E-state index is -0.0562. The molecule has 30 heavy (non-hydrogen) atoms. The molecule has 158 valence electrons. The second kappa shape index (κ2) is 9.23. The zero-order valence-electron chi connectivity index (χ0n) is 17.9. The number of benzene rings is 2. The summed E-state index contributed by atoms with van der Waals surface area (Å²) in [6.07, 6.45) is 2.45. The van der Waals surface area contributed by atoms with Gasteiger partial charge in [-0.2, -0.15) is 0 Å². The van der Waals surface area contributed by atoms with Gasteiger partial charge in [0.05, 0.1) is 30.1 Å². The summed E-state index contributed by atoms with van der Waals surface area (Å²) < 4.78 is 8.01. The summed E-state index contributed by atoms with van der Waals surface area (Å²) in [4.78, 5) is 17.4. The van der Waals surface area contributed by atoms with Crippen LogP contribution in [0, 0.1) is 13.8 Å². The number of imidazole rings is 1. The van der Waals surface area contributed by atoms with Crippen LogP contribution in [-0.4, -0.2) is 33.9 Å². The predicted molar refractivity (Wildman–Crippen MR) is 122 cm³/mol. The Morgan fingerprint density at radius 1 is 1.27 bits per heavy atom. The second-order valence-electron chi connectivity index (χ2n) is 7.96. The van der Waals surface area contributed by atoms with Crippen molar-refractivity contribution >= 4 is 28.4 Å². The number of hydrogen-bond donors (Lipinski definition) is 1. The Balaban J connectivity index is 1.40. The van der Waals surface area contributed by atoms with Gasteiger partial charge in [0.2, 0.25) is 5.91 Å². The van der Waals surface area contributed by atoms with Crippen LogP contribution in [0.2, 0.25) is 0 Å². The number of nitrogens with zero attached hydrogens (tertiary/aromatic N) is 2. The first-order valence-corrected chi connectivity index (χ1v) is 11.6. The Morgan fingerprint density at radius 3 is 2.87 bits per heavy atom. The van der Waals surface area contributed by atoms with Crippen molar-refractivity contribution in [3.8, 4) is 0 Å². The van der Waals surface area contributed by atoms with Gasteiger partial charge in [0.25, 0.3) is 0 Å². The van der Waals surface area contributed by atoms with Gasteiger partial charge in [-0.1, -0.05) is 54.2 Å². The molecular weight excluding hydrogens is 394 g/mol. The van der Waals surface area contributed by atoms with E-state index in [4.69, 9.17) is 9.72 Å². The highest BCUT2D eigenvalue weighted by Gasteiger charge is 2.21. The molecule has 3 aromatic rings. The summed E-state index contributed by atoms with van der Waals surface area (Å²) in [6.45, 7) is 7.80. The molecule has 0 radical (unpaired) electrons. The molecule has 1 amide bonds. The van der Waals surface area contributed by atoms with Gasteiger partial charge in [-0.25, -0.2) is 4.98 Å². The zero-order chi connectivity index (χ0) is 21.1. The molecule has 2 aromatic carbocycles. The van der Waals surface area contributed by atoms with Crippen LogP contribution < -0.4 is 5.32 Å². The lowest BCUT2D eigenvalue weighted by atomic mass is 10.00. The van der Waals surface area contributed by atoms with Crippen LogP contribution in [-0.2, 0) is 16.1 Å². The number of carbonyl (C=O) groups excluding carboxylic acids is 1. The molecule has 1 aliphatic rings. The normalized spacial score (nSPS) is 17.4. The van der Waals surface area contributed by atoms with Crippen LogP contribution in [0.25, 0.3) is 10.8 Å². The lowest BCUT2D eigenvalue weighted by Crippen LogP contribution is -2.28. The number of carbonyl (C=O) groups is 1. The molecule has 1 aliphatic heterocycles. The number of aryl methyl sites for hydroxylation is 1. The van der Waals surface area contributed by atoms with Crippen LogP contribution in [0.3, 0.4) is 0 Å². The molecule has 1 saturated heterocycles. The average molecular weight is 424 g/mol. The third-order valence-electron chi connectivity index (χ3n) is 5.83. The third-order valence-corrected chi connectivity index (χ3v) is 6.81. The quantitative estimate of drug-likeness (QED) is 0.555. The predicted octanol–water partition coefficient (Wildman–Crippen LogP) is 4.80. The van der Waals surface area contributed by atoms with E-state index in [1.165, 1.54) is 22.5 Å². The monoisotopic (exact) mass is 423 g/mol. The maximum absolute atomic E-state index is 12.7. The summed E-state index contributed by atoms with van der Waals surface area (Å²) in [6, 6.07) is 14.5.